The van der Waals surface area contributed by atoms with Crippen LogP contribution >= 0.6 is 22.9 Å². The summed E-state index contributed by atoms with van der Waals surface area (Å²) in [5, 5.41) is 16.0. The molecule has 2 N–H and O–H groups in total. The third-order valence-corrected chi connectivity index (χ3v) is 4.89. The van der Waals surface area contributed by atoms with Crippen LogP contribution < -0.4 is 5.32 Å². The second kappa shape index (κ2) is 6.75. The first-order chi connectivity index (χ1) is 11.5. The summed E-state index contributed by atoms with van der Waals surface area (Å²) in [5.74, 6) is -0.447. The summed E-state index contributed by atoms with van der Waals surface area (Å²) in [7, 11) is 0. The maximum Gasteiger partial charge on any atom is 0.326 e. The van der Waals surface area contributed by atoms with Crippen LogP contribution in [0.3, 0.4) is 0 Å². The van der Waals surface area contributed by atoms with Gasteiger partial charge in [-0.05, 0) is 23.6 Å². The number of benzene rings is 1. The fourth-order valence-corrected chi connectivity index (χ4v) is 3.53. The quantitative estimate of drug-likeness (QED) is 0.698. The van der Waals surface area contributed by atoms with Crippen LogP contribution in [0, 0.1) is 5.92 Å². The van der Waals surface area contributed by atoms with Crippen LogP contribution in [0.25, 0.3) is 21.3 Å². The number of carbonyl (C=O) groups is 1. The molecule has 0 saturated heterocycles. The number of aromatic nitrogens is 2. The van der Waals surface area contributed by atoms with Crippen LogP contribution in [0.5, 0.6) is 0 Å². The number of carboxylic acid groups (broad SMARTS) is 1. The lowest BCUT2D eigenvalue weighted by Crippen LogP contribution is -2.34. The molecule has 0 radical (unpaired) electrons. The standard InChI is InChI=1S/C17H16ClN3O2S/c1-9(2)14(17(22)23)21-15-13-12(7-24-16(13)20-8-19-15)10-3-5-11(18)6-4-10/h3-9,14H,1-2H3,(H,22,23)(H,19,20,21). The van der Waals surface area contributed by atoms with Gasteiger partial charge in [0.1, 0.15) is 23.0 Å². The summed E-state index contributed by atoms with van der Waals surface area (Å²) in [6.07, 6.45) is 1.45. The zero-order chi connectivity index (χ0) is 17.3. The molecular formula is C17H16ClN3O2S. The number of nitrogens with one attached hydrogen (secondary N) is 1. The average molecular weight is 362 g/mol. The number of carboxylic acids is 1. The molecule has 0 bridgehead atoms. The largest absolute Gasteiger partial charge is 0.480 e. The third-order valence-electron chi connectivity index (χ3n) is 3.75. The molecule has 2 heterocycles. The Morgan fingerprint density at radius 2 is 1.96 bits per heavy atom. The second-order valence-electron chi connectivity index (χ2n) is 5.76. The Balaban J connectivity index is 2.10. The van der Waals surface area contributed by atoms with Crippen LogP contribution in [-0.4, -0.2) is 27.1 Å². The first-order valence-electron chi connectivity index (χ1n) is 7.45. The van der Waals surface area contributed by atoms with E-state index < -0.39 is 12.0 Å². The van der Waals surface area contributed by atoms with E-state index in [1.165, 1.54) is 17.7 Å². The highest BCUT2D eigenvalue weighted by molar-refractivity contribution is 7.17. The van der Waals surface area contributed by atoms with Crippen LogP contribution in [0.4, 0.5) is 5.82 Å². The lowest BCUT2D eigenvalue weighted by molar-refractivity contribution is -0.138. The second-order valence-corrected chi connectivity index (χ2v) is 7.06. The number of hydrogen-bond donors (Lipinski definition) is 2. The Hall–Kier alpha value is -2.18. The van der Waals surface area contributed by atoms with Gasteiger partial charge in [0.2, 0.25) is 0 Å². The molecule has 3 aromatic rings. The molecule has 0 aliphatic rings. The molecule has 0 saturated carbocycles. The molecule has 0 fully saturated rings. The molecule has 124 valence electrons. The van der Waals surface area contributed by atoms with Gasteiger partial charge in [-0.15, -0.1) is 11.3 Å². The summed E-state index contributed by atoms with van der Waals surface area (Å²) in [4.78, 5) is 20.9. The van der Waals surface area contributed by atoms with Crippen molar-refractivity contribution in [1.29, 1.82) is 0 Å². The molecule has 0 aliphatic carbocycles. The van der Waals surface area contributed by atoms with E-state index in [-0.39, 0.29) is 5.92 Å². The fourth-order valence-electron chi connectivity index (χ4n) is 2.49. The van der Waals surface area contributed by atoms with Crippen molar-refractivity contribution in [1.82, 2.24) is 9.97 Å². The van der Waals surface area contributed by atoms with Crippen LogP contribution in [0.2, 0.25) is 5.02 Å². The molecule has 1 aromatic carbocycles. The van der Waals surface area contributed by atoms with Crippen molar-refractivity contribution in [2.45, 2.75) is 19.9 Å². The highest BCUT2D eigenvalue weighted by Gasteiger charge is 2.23. The number of halogens is 1. The Morgan fingerprint density at radius 3 is 2.58 bits per heavy atom. The van der Waals surface area contributed by atoms with Crippen molar-refractivity contribution in [3.8, 4) is 11.1 Å². The lowest BCUT2D eigenvalue weighted by atomic mass is 10.0. The van der Waals surface area contributed by atoms with Crippen LogP contribution in [-0.2, 0) is 4.79 Å². The molecule has 0 spiro atoms. The molecule has 0 aliphatic heterocycles. The normalized spacial score (nSPS) is 12.5. The van der Waals surface area contributed by atoms with Crippen molar-refractivity contribution in [3.05, 3.63) is 41.0 Å². The van der Waals surface area contributed by atoms with Gasteiger partial charge in [-0.3, -0.25) is 0 Å². The summed E-state index contributed by atoms with van der Waals surface area (Å²) >= 11 is 7.46. The SMILES string of the molecule is CC(C)C(Nc1ncnc2scc(-c3ccc(Cl)cc3)c12)C(=O)O. The van der Waals surface area contributed by atoms with Gasteiger partial charge in [0.25, 0.3) is 0 Å². The molecule has 24 heavy (non-hydrogen) atoms. The molecule has 0 amide bonds. The molecule has 7 heteroatoms. The van der Waals surface area contributed by atoms with Gasteiger partial charge < -0.3 is 10.4 Å². The topological polar surface area (TPSA) is 75.1 Å². The molecule has 5 nitrogen and oxygen atoms in total. The van der Waals surface area contributed by atoms with Crippen molar-refractivity contribution in [2.75, 3.05) is 5.32 Å². The molecular weight excluding hydrogens is 346 g/mol. The summed E-state index contributed by atoms with van der Waals surface area (Å²) in [6.45, 7) is 3.72. The molecule has 1 atom stereocenters. The number of thiophene rings is 1. The number of hydrogen-bond acceptors (Lipinski definition) is 5. The predicted molar refractivity (Wildman–Crippen MR) is 97.7 cm³/mol. The lowest BCUT2D eigenvalue weighted by Gasteiger charge is -2.19. The van der Waals surface area contributed by atoms with Gasteiger partial charge in [0.05, 0.1) is 5.39 Å². The smallest absolute Gasteiger partial charge is 0.326 e. The van der Waals surface area contributed by atoms with E-state index in [1.54, 1.807) is 0 Å². The van der Waals surface area contributed by atoms with Crippen molar-refractivity contribution in [2.24, 2.45) is 5.92 Å². The Bertz CT molecular complexity index is 877. The minimum Gasteiger partial charge on any atom is -0.480 e. The number of fused-ring (bicyclic) bond motifs is 1. The molecule has 1 unspecified atom stereocenters. The Kier molecular flexibility index (Phi) is 4.69. The summed E-state index contributed by atoms with van der Waals surface area (Å²) in [5.41, 5.74) is 1.95. The molecule has 3 rings (SSSR count). The van der Waals surface area contributed by atoms with Crippen molar-refractivity contribution >= 4 is 44.9 Å². The monoisotopic (exact) mass is 361 g/mol. The van der Waals surface area contributed by atoms with Crippen LogP contribution in [0.15, 0.2) is 36.0 Å². The van der Waals surface area contributed by atoms with Crippen LogP contribution in [0.1, 0.15) is 13.8 Å². The van der Waals surface area contributed by atoms with E-state index in [0.29, 0.717) is 10.8 Å². The first-order valence-corrected chi connectivity index (χ1v) is 8.70. The number of rotatable bonds is 5. The van der Waals surface area contributed by atoms with Gasteiger partial charge in [0.15, 0.2) is 0 Å². The van der Waals surface area contributed by atoms with Gasteiger partial charge in [-0.25, -0.2) is 14.8 Å². The number of nitrogens with zero attached hydrogens (tertiary/aromatic N) is 2. The van der Waals surface area contributed by atoms with E-state index in [2.05, 4.69) is 15.3 Å². The third kappa shape index (κ3) is 3.20. The average Bonchev–Trinajstić information content (AvgIpc) is 2.97. The van der Waals surface area contributed by atoms with E-state index in [9.17, 15) is 9.90 Å². The highest BCUT2D eigenvalue weighted by Crippen LogP contribution is 2.37. The predicted octanol–water partition coefficient (Wildman–Crippen LogP) is 4.53. The maximum atomic E-state index is 11.5. The van der Waals surface area contributed by atoms with Crippen molar-refractivity contribution < 1.29 is 9.90 Å². The summed E-state index contributed by atoms with van der Waals surface area (Å²) < 4.78 is 0. The van der Waals surface area contributed by atoms with Crippen molar-refractivity contribution in [3.63, 3.8) is 0 Å². The fraction of sp³-hybridized carbons (Fsp3) is 0.235. The Morgan fingerprint density at radius 1 is 1.25 bits per heavy atom. The number of anilines is 1. The van der Waals surface area contributed by atoms with E-state index in [1.807, 2.05) is 43.5 Å². The maximum absolute atomic E-state index is 11.5. The minimum absolute atomic E-state index is 0.0786. The summed E-state index contributed by atoms with van der Waals surface area (Å²) in [6, 6.07) is 6.79. The molecule has 2 aromatic heterocycles. The first kappa shape index (κ1) is 16.7. The zero-order valence-electron chi connectivity index (χ0n) is 13.2. The van der Waals surface area contributed by atoms with E-state index in [4.69, 9.17) is 11.6 Å². The zero-order valence-corrected chi connectivity index (χ0v) is 14.7. The Labute approximate surface area is 148 Å². The minimum atomic E-state index is -0.903. The van der Waals surface area contributed by atoms with Gasteiger partial charge in [-0.1, -0.05) is 37.6 Å². The van der Waals surface area contributed by atoms with Gasteiger partial charge >= 0.3 is 5.97 Å². The van der Waals surface area contributed by atoms with Gasteiger partial charge in [0, 0.05) is 16.0 Å². The highest BCUT2D eigenvalue weighted by atomic mass is 35.5. The van der Waals surface area contributed by atoms with E-state index in [0.717, 1.165) is 21.3 Å². The van der Waals surface area contributed by atoms with Gasteiger partial charge in [-0.2, -0.15) is 0 Å². The van der Waals surface area contributed by atoms with E-state index >= 15 is 0 Å². The number of aliphatic carboxylic acids is 1.